The average molecular weight is 714 g/mol. The summed E-state index contributed by atoms with van der Waals surface area (Å²) in [5, 5.41) is 2.54. The maximum absolute atomic E-state index is 5.46. The summed E-state index contributed by atoms with van der Waals surface area (Å²) in [5.74, 6) is 1.07. The van der Waals surface area contributed by atoms with E-state index in [9.17, 15) is 0 Å². The van der Waals surface area contributed by atoms with Crippen LogP contribution in [0.15, 0.2) is 176 Å². The molecule has 262 valence electrons. The van der Waals surface area contributed by atoms with Crippen molar-refractivity contribution in [3.05, 3.63) is 210 Å². The summed E-state index contributed by atoms with van der Waals surface area (Å²) < 4.78 is 4.88. The van der Waals surface area contributed by atoms with Crippen molar-refractivity contribution in [3.8, 4) is 44.8 Å². The smallest absolute Gasteiger partial charge is 0.134 e. The Bertz CT molecular complexity index is 3290. The third-order valence-corrected chi connectivity index (χ3v) is 13.3. The maximum atomic E-state index is 5.46. The van der Waals surface area contributed by atoms with E-state index in [2.05, 4.69) is 199 Å². The van der Waals surface area contributed by atoms with E-state index in [-0.39, 0.29) is 5.41 Å². The van der Waals surface area contributed by atoms with Gasteiger partial charge < -0.3 is 4.57 Å². The SMILES string of the molecule is CC1(C)c2ccccc2-c2cc3c4cc(-c5ccc6c(c5)C5(c7ccccc7-c7ccccc75)c5nc7ccccc7n5-6)ccc4n(-c4ccccc4)c3cc21. The fraction of sp³-hybridized carbons (Fsp3) is 0.0755. The molecule has 3 nitrogen and oxygen atoms in total. The van der Waals surface area contributed by atoms with E-state index in [4.69, 9.17) is 4.98 Å². The van der Waals surface area contributed by atoms with Gasteiger partial charge >= 0.3 is 0 Å². The van der Waals surface area contributed by atoms with Crippen molar-refractivity contribution in [2.24, 2.45) is 0 Å². The van der Waals surface area contributed by atoms with Gasteiger partial charge in [0.2, 0.25) is 0 Å². The average Bonchev–Trinajstić information content (AvgIpc) is 4.00. The van der Waals surface area contributed by atoms with E-state index in [0.717, 1.165) is 16.9 Å². The quantitative estimate of drug-likeness (QED) is 0.175. The molecule has 2 aliphatic carbocycles. The molecule has 0 radical (unpaired) electrons. The molecule has 13 rings (SSSR count). The molecule has 0 saturated heterocycles. The van der Waals surface area contributed by atoms with E-state index in [1.54, 1.807) is 0 Å². The highest BCUT2D eigenvalue weighted by atomic mass is 15.1. The van der Waals surface area contributed by atoms with Crippen molar-refractivity contribution in [2.75, 3.05) is 0 Å². The number of hydrogen-bond donors (Lipinski definition) is 0. The first kappa shape index (κ1) is 30.4. The van der Waals surface area contributed by atoms with Gasteiger partial charge in [-0.25, -0.2) is 4.98 Å². The summed E-state index contributed by atoms with van der Waals surface area (Å²) >= 11 is 0. The number of nitrogens with zero attached hydrogens (tertiary/aromatic N) is 3. The van der Waals surface area contributed by atoms with Crippen LogP contribution in [-0.2, 0) is 10.8 Å². The fourth-order valence-corrected chi connectivity index (χ4v) is 10.9. The molecule has 1 spiro atoms. The lowest BCUT2D eigenvalue weighted by Gasteiger charge is -2.27. The summed E-state index contributed by atoms with van der Waals surface area (Å²) in [5.41, 5.74) is 20.7. The van der Waals surface area contributed by atoms with E-state index in [0.29, 0.717) is 0 Å². The van der Waals surface area contributed by atoms with Crippen molar-refractivity contribution in [1.82, 2.24) is 14.1 Å². The molecule has 8 aromatic carbocycles. The minimum Gasteiger partial charge on any atom is -0.309 e. The summed E-state index contributed by atoms with van der Waals surface area (Å²) in [7, 11) is 0. The monoisotopic (exact) mass is 713 g/mol. The summed E-state index contributed by atoms with van der Waals surface area (Å²) in [6.07, 6.45) is 0. The van der Waals surface area contributed by atoms with Gasteiger partial charge in [0.15, 0.2) is 0 Å². The molecule has 3 heteroatoms. The van der Waals surface area contributed by atoms with Gasteiger partial charge in [0, 0.05) is 21.9 Å². The highest BCUT2D eigenvalue weighted by molar-refractivity contribution is 6.13. The predicted octanol–water partition coefficient (Wildman–Crippen LogP) is 12.8. The van der Waals surface area contributed by atoms with Crippen LogP contribution < -0.4 is 0 Å². The van der Waals surface area contributed by atoms with Crippen molar-refractivity contribution in [1.29, 1.82) is 0 Å². The number of imidazole rings is 1. The lowest BCUT2D eigenvalue weighted by molar-refractivity contribution is 0.661. The molecule has 2 aromatic heterocycles. The minimum atomic E-state index is -0.536. The van der Waals surface area contributed by atoms with Gasteiger partial charge in [0.25, 0.3) is 0 Å². The zero-order valence-electron chi connectivity index (χ0n) is 31.1. The Morgan fingerprint density at radius 3 is 1.79 bits per heavy atom. The van der Waals surface area contributed by atoms with Gasteiger partial charge in [-0.15, -0.1) is 0 Å². The zero-order chi connectivity index (χ0) is 36.9. The molecular formula is C53H35N3. The number of fused-ring (bicyclic) bond motifs is 18. The highest BCUT2D eigenvalue weighted by Crippen LogP contribution is 2.61. The largest absolute Gasteiger partial charge is 0.309 e. The second-order valence-corrected chi connectivity index (χ2v) is 16.3. The first-order chi connectivity index (χ1) is 27.5. The summed E-state index contributed by atoms with van der Waals surface area (Å²) in [4.78, 5) is 5.46. The molecule has 0 N–H and O–H groups in total. The van der Waals surface area contributed by atoms with E-state index in [1.165, 1.54) is 94.4 Å². The summed E-state index contributed by atoms with van der Waals surface area (Å²) in [6.45, 7) is 4.74. The number of rotatable bonds is 2. The van der Waals surface area contributed by atoms with Gasteiger partial charge in [-0.1, -0.05) is 129 Å². The van der Waals surface area contributed by atoms with Crippen LogP contribution >= 0.6 is 0 Å². The van der Waals surface area contributed by atoms with Gasteiger partial charge in [-0.3, -0.25) is 4.57 Å². The van der Waals surface area contributed by atoms with Gasteiger partial charge in [0.1, 0.15) is 11.2 Å². The van der Waals surface area contributed by atoms with Crippen LogP contribution in [-0.4, -0.2) is 14.1 Å². The fourth-order valence-electron chi connectivity index (χ4n) is 10.9. The number of aromatic nitrogens is 3. The van der Waals surface area contributed by atoms with Crippen LogP contribution in [0.5, 0.6) is 0 Å². The Hall–Kier alpha value is -6.97. The lowest BCUT2D eigenvalue weighted by Crippen LogP contribution is -2.27. The first-order valence-electron chi connectivity index (χ1n) is 19.6. The Kier molecular flexibility index (Phi) is 5.64. The highest BCUT2D eigenvalue weighted by Gasteiger charge is 2.54. The van der Waals surface area contributed by atoms with Crippen molar-refractivity contribution in [2.45, 2.75) is 24.7 Å². The molecule has 1 aliphatic heterocycles. The molecule has 0 saturated carbocycles. The van der Waals surface area contributed by atoms with Crippen LogP contribution in [0.1, 0.15) is 47.5 Å². The van der Waals surface area contributed by atoms with Gasteiger partial charge in [-0.05, 0) is 122 Å². The Labute approximate surface area is 324 Å². The van der Waals surface area contributed by atoms with Crippen LogP contribution in [0.2, 0.25) is 0 Å². The normalized spacial score (nSPS) is 14.9. The molecule has 3 aliphatic rings. The van der Waals surface area contributed by atoms with E-state index in [1.807, 2.05) is 0 Å². The van der Waals surface area contributed by atoms with Gasteiger partial charge in [-0.2, -0.15) is 0 Å². The van der Waals surface area contributed by atoms with Crippen molar-refractivity contribution in [3.63, 3.8) is 0 Å². The predicted molar refractivity (Wildman–Crippen MR) is 229 cm³/mol. The molecule has 0 bridgehead atoms. The Morgan fingerprint density at radius 2 is 1.02 bits per heavy atom. The molecular weight excluding hydrogens is 679 g/mol. The maximum Gasteiger partial charge on any atom is 0.134 e. The molecule has 0 unspecified atom stereocenters. The number of para-hydroxylation sites is 3. The van der Waals surface area contributed by atoms with E-state index < -0.39 is 5.41 Å². The summed E-state index contributed by atoms with van der Waals surface area (Å²) in [6, 6.07) is 65.4. The second kappa shape index (κ2) is 10.4. The molecule has 3 heterocycles. The molecule has 0 amide bonds. The van der Waals surface area contributed by atoms with Gasteiger partial charge in [0.05, 0.1) is 27.8 Å². The topological polar surface area (TPSA) is 22.8 Å². The standard InChI is InChI=1S/C53H35N3/c1-52(2)41-19-9-6-18-37(41)38-30-40-39-28-32(24-26-47(39)55(50(40)31-44(38)52)34-14-4-3-5-15-34)33-25-27-48-45(29-33)53(51-54-46-22-12-13-23-49(46)56(48)51)42-20-10-7-16-35(42)36-17-8-11-21-43(36)53/h3-31H,1-2H3. The molecule has 56 heavy (non-hydrogen) atoms. The first-order valence-corrected chi connectivity index (χ1v) is 19.6. The zero-order valence-corrected chi connectivity index (χ0v) is 31.1. The van der Waals surface area contributed by atoms with Crippen molar-refractivity contribution < 1.29 is 0 Å². The molecule has 10 aromatic rings. The third kappa shape index (κ3) is 3.57. The third-order valence-electron chi connectivity index (χ3n) is 13.3. The van der Waals surface area contributed by atoms with Crippen LogP contribution in [0.4, 0.5) is 0 Å². The number of benzene rings is 8. The molecule has 0 fully saturated rings. The second-order valence-electron chi connectivity index (χ2n) is 16.3. The van der Waals surface area contributed by atoms with Crippen LogP contribution in [0.3, 0.4) is 0 Å². The Morgan fingerprint density at radius 1 is 0.411 bits per heavy atom. The minimum absolute atomic E-state index is 0.0831. The van der Waals surface area contributed by atoms with E-state index >= 15 is 0 Å². The van der Waals surface area contributed by atoms with Crippen molar-refractivity contribution >= 4 is 32.8 Å². The molecule has 0 atom stereocenters. The lowest BCUT2D eigenvalue weighted by atomic mass is 9.72. The number of hydrogen-bond acceptors (Lipinski definition) is 1. The van der Waals surface area contributed by atoms with Crippen LogP contribution in [0, 0.1) is 0 Å². The Balaban J connectivity index is 1.09. The van der Waals surface area contributed by atoms with Crippen LogP contribution in [0.25, 0.3) is 77.6 Å².